The zero-order valence-electron chi connectivity index (χ0n) is 10.9. The van der Waals surface area contributed by atoms with Gasteiger partial charge in [-0.3, -0.25) is 4.79 Å². The molecule has 0 fully saturated rings. The van der Waals surface area contributed by atoms with E-state index in [-0.39, 0.29) is 17.8 Å². The fourth-order valence-electron chi connectivity index (χ4n) is 1.74. The molecule has 0 heterocycles. The highest BCUT2D eigenvalue weighted by Gasteiger charge is 2.30. The normalized spacial score (nSPS) is 11.4. The number of alkyl halides is 3. The van der Waals surface area contributed by atoms with Gasteiger partial charge in [0, 0.05) is 12.0 Å². The van der Waals surface area contributed by atoms with Gasteiger partial charge in [0.15, 0.2) is 5.78 Å². The SMILES string of the molecule is CCC(=O)c1cccc(C(F)(F)F)c1.c1cc2ccc1-2. The van der Waals surface area contributed by atoms with Crippen LogP contribution in [0.25, 0.3) is 11.1 Å². The van der Waals surface area contributed by atoms with E-state index < -0.39 is 11.7 Å². The predicted octanol–water partition coefficient (Wildman–Crippen LogP) is 4.97. The van der Waals surface area contributed by atoms with E-state index in [1.807, 2.05) is 0 Å². The highest BCUT2D eigenvalue weighted by atomic mass is 19.4. The molecular weight excluding hydrogens is 265 g/mol. The van der Waals surface area contributed by atoms with E-state index >= 15 is 0 Å². The Kier molecular flexibility index (Phi) is 3.93. The number of rotatable bonds is 2. The number of carbonyl (C=O) groups excluding carboxylic acids is 1. The lowest BCUT2D eigenvalue weighted by molar-refractivity contribution is -0.137. The number of hydrogen-bond donors (Lipinski definition) is 0. The minimum absolute atomic E-state index is 0.113. The van der Waals surface area contributed by atoms with Crippen molar-refractivity contribution in [2.24, 2.45) is 0 Å². The number of Topliss-reactive ketones (excluding diaryl/α,β-unsaturated/α-hetero) is 1. The van der Waals surface area contributed by atoms with Crippen molar-refractivity contribution in [2.75, 3.05) is 0 Å². The summed E-state index contributed by atoms with van der Waals surface area (Å²) < 4.78 is 36.7. The van der Waals surface area contributed by atoms with Gasteiger partial charge in [0.25, 0.3) is 0 Å². The van der Waals surface area contributed by atoms with Crippen molar-refractivity contribution in [1.29, 1.82) is 0 Å². The third-order valence-corrected chi connectivity index (χ3v) is 3.05. The number of carbonyl (C=O) groups is 1. The summed E-state index contributed by atoms with van der Waals surface area (Å²) in [6.07, 6.45) is -4.18. The highest BCUT2D eigenvalue weighted by Crippen LogP contribution is 2.30. The number of hydrogen-bond acceptors (Lipinski definition) is 1. The van der Waals surface area contributed by atoms with Crippen molar-refractivity contribution >= 4 is 5.78 Å². The van der Waals surface area contributed by atoms with Crippen LogP contribution >= 0.6 is 0 Å². The predicted molar refractivity (Wildman–Crippen MR) is 71.5 cm³/mol. The summed E-state index contributed by atoms with van der Waals surface area (Å²) in [5, 5.41) is 0. The van der Waals surface area contributed by atoms with Gasteiger partial charge in [-0.25, -0.2) is 0 Å². The van der Waals surface area contributed by atoms with Crippen LogP contribution < -0.4 is 0 Å². The average molecular weight is 278 g/mol. The van der Waals surface area contributed by atoms with Crippen LogP contribution in [0.3, 0.4) is 0 Å². The molecule has 3 rings (SSSR count). The summed E-state index contributed by atoms with van der Waals surface area (Å²) in [5.74, 6) is -0.281. The maximum absolute atomic E-state index is 12.2. The topological polar surface area (TPSA) is 17.1 Å². The quantitative estimate of drug-likeness (QED) is 0.605. The molecule has 0 unspecified atom stereocenters. The lowest BCUT2D eigenvalue weighted by Gasteiger charge is -2.10. The third-order valence-electron chi connectivity index (χ3n) is 3.05. The van der Waals surface area contributed by atoms with Crippen molar-refractivity contribution in [3.05, 3.63) is 59.7 Å². The molecule has 0 radical (unpaired) electrons. The molecule has 2 aliphatic rings. The molecule has 1 aromatic rings. The zero-order chi connectivity index (χ0) is 14.8. The molecule has 2 aliphatic carbocycles. The molecule has 0 N–H and O–H groups in total. The first kappa shape index (κ1) is 14.3. The number of ketones is 1. The molecule has 0 aromatic heterocycles. The second-order valence-corrected chi connectivity index (χ2v) is 4.43. The van der Waals surface area contributed by atoms with Crippen LogP contribution in [0.15, 0.2) is 48.5 Å². The Morgan fingerprint density at radius 3 is 1.90 bits per heavy atom. The molecule has 1 nitrogen and oxygen atoms in total. The van der Waals surface area contributed by atoms with Gasteiger partial charge >= 0.3 is 6.18 Å². The molecule has 1 aromatic carbocycles. The van der Waals surface area contributed by atoms with Crippen molar-refractivity contribution in [3.8, 4) is 11.1 Å². The van der Waals surface area contributed by atoms with E-state index in [4.69, 9.17) is 0 Å². The standard InChI is InChI=1S/C10H9F3O.C6H4/c1-2-9(14)7-4-3-5-8(6-7)10(11,12)13;1-2-6-4-3-5(1)6/h3-6H,2H2,1H3;1-4H. The third kappa shape index (κ3) is 3.07. The first-order valence-corrected chi connectivity index (χ1v) is 6.22. The lowest BCUT2D eigenvalue weighted by atomic mass is 9.95. The number of fused-ring (bicyclic) bond motifs is 1. The van der Waals surface area contributed by atoms with Crippen molar-refractivity contribution in [2.45, 2.75) is 19.5 Å². The van der Waals surface area contributed by atoms with Gasteiger partial charge in [-0.15, -0.1) is 0 Å². The van der Waals surface area contributed by atoms with Crippen LogP contribution in [0.2, 0.25) is 0 Å². The minimum atomic E-state index is -4.38. The number of halogens is 3. The monoisotopic (exact) mass is 278 g/mol. The van der Waals surface area contributed by atoms with Crippen molar-refractivity contribution < 1.29 is 18.0 Å². The van der Waals surface area contributed by atoms with E-state index in [0.717, 1.165) is 12.1 Å². The molecule has 0 saturated heterocycles. The molecule has 0 atom stereocenters. The Balaban J connectivity index is 0.000000198. The van der Waals surface area contributed by atoms with E-state index in [9.17, 15) is 18.0 Å². The van der Waals surface area contributed by atoms with Gasteiger partial charge in [0.2, 0.25) is 0 Å². The fourth-order valence-corrected chi connectivity index (χ4v) is 1.74. The summed E-state index contributed by atoms with van der Waals surface area (Å²) >= 11 is 0. The minimum Gasteiger partial charge on any atom is -0.294 e. The van der Waals surface area contributed by atoms with E-state index in [2.05, 4.69) is 24.3 Å². The van der Waals surface area contributed by atoms with Gasteiger partial charge < -0.3 is 0 Å². The van der Waals surface area contributed by atoms with E-state index in [1.54, 1.807) is 6.92 Å². The van der Waals surface area contributed by atoms with Crippen LogP contribution in [0.5, 0.6) is 0 Å². The molecule has 0 aliphatic heterocycles. The molecule has 0 bridgehead atoms. The van der Waals surface area contributed by atoms with E-state index in [1.165, 1.54) is 23.3 Å². The molecule has 0 amide bonds. The maximum atomic E-state index is 12.2. The Morgan fingerprint density at radius 1 is 1.00 bits per heavy atom. The summed E-state index contributed by atoms with van der Waals surface area (Å²) in [5.41, 5.74) is 2.18. The zero-order valence-corrected chi connectivity index (χ0v) is 10.9. The average Bonchev–Trinajstić information content (AvgIpc) is 2.41. The molecule has 20 heavy (non-hydrogen) atoms. The van der Waals surface area contributed by atoms with Crippen molar-refractivity contribution in [1.82, 2.24) is 0 Å². The number of benzene rings is 2. The Hall–Kier alpha value is -2.10. The summed E-state index contributed by atoms with van der Waals surface area (Å²) in [6.45, 7) is 1.61. The van der Waals surface area contributed by atoms with Crippen LogP contribution in [0, 0.1) is 0 Å². The largest absolute Gasteiger partial charge is 0.416 e. The first-order valence-electron chi connectivity index (χ1n) is 6.22. The smallest absolute Gasteiger partial charge is 0.294 e. The molecule has 4 heteroatoms. The molecular formula is C16H13F3O. The Bertz CT molecular complexity index is 591. The maximum Gasteiger partial charge on any atom is 0.416 e. The van der Waals surface area contributed by atoms with Crippen LogP contribution in [0.4, 0.5) is 13.2 Å². The second kappa shape index (κ2) is 5.49. The molecule has 0 saturated carbocycles. The van der Waals surface area contributed by atoms with Gasteiger partial charge in [-0.05, 0) is 23.3 Å². The molecule has 104 valence electrons. The second-order valence-electron chi connectivity index (χ2n) is 4.43. The van der Waals surface area contributed by atoms with Crippen LogP contribution in [-0.2, 0) is 6.18 Å². The van der Waals surface area contributed by atoms with Crippen molar-refractivity contribution in [3.63, 3.8) is 0 Å². The fraction of sp³-hybridized carbons (Fsp3) is 0.188. The summed E-state index contributed by atoms with van der Waals surface area (Å²) in [6, 6.07) is 12.9. The van der Waals surface area contributed by atoms with Gasteiger partial charge in [0.05, 0.1) is 5.56 Å². The van der Waals surface area contributed by atoms with Gasteiger partial charge in [-0.1, -0.05) is 43.3 Å². The van der Waals surface area contributed by atoms with E-state index in [0.29, 0.717) is 0 Å². The van der Waals surface area contributed by atoms with Gasteiger partial charge in [0.1, 0.15) is 0 Å². The Labute approximate surface area is 115 Å². The van der Waals surface area contributed by atoms with Gasteiger partial charge in [-0.2, -0.15) is 13.2 Å². The summed E-state index contributed by atoms with van der Waals surface area (Å²) in [7, 11) is 0. The van der Waals surface area contributed by atoms with Crippen LogP contribution in [-0.4, -0.2) is 5.78 Å². The van der Waals surface area contributed by atoms with Crippen LogP contribution in [0.1, 0.15) is 29.3 Å². The highest BCUT2D eigenvalue weighted by molar-refractivity contribution is 5.95. The lowest BCUT2D eigenvalue weighted by Crippen LogP contribution is -2.06. The summed E-state index contributed by atoms with van der Waals surface area (Å²) in [4.78, 5) is 11.1. The first-order chi connectivity index (χ1) is 9.41. The molecule has 0 spiro atoms. The Morgan fingerprint density at radius 2 is 1.55 bits per heavy atom.